The average Bonchev–Trinajstić information content (AvgIpc) is 2.48. The van der Waals surface area contributed by atoms with Gasteiger partial charge in [0.2, 0.25) is 0 Å². The molecule has 1 saturated heterocycles. The van der Waals surface area contributed by atoms with Crippen molar-refractivity contribution in [3.8, 4) is 0 Å². The first kappa shape index (κ1) is 17.0. The monoisotopic (exact) mass is 303 g/mol. The van der Waals surface area contributed by atoms with Crippen molar-refractivity contribution in [3.63, 3.8) is 0 Å². The molecule has 1 aromatic carbocycles. The maximum Gasteiger partial charge on any atom is 0.282 e. The molecule has 2 atom stereocenters. The Kier molecular flexibility index (Phi) is 6.01. The molecule has 1 fully saturated rings. The molecule has 3 heteroatoms. The minimum atomic E-state index is 0.125. The molecule has 122 valence electrons. The van der Waals surface area contributed by atoms with Gasteiger partial charge in [-0.25, -0.2) is 0 Å². The summed E-state index contributed by atoms with van der Waals surface area (Å²) in [5, 5.41) is 3.22. The lowest BCUT2D eigenvalue weighted by molar-refractivity contribution is -0.921. The van der Waals surface area contributed by atoms with Crippen LogP contribution >= 0.6 is 0 Å². The van der Waals surface area contributed by atoms with Crippen LogP contribution in [0.25, 0.3) is 0 Å². The first-order chi connectivity index (χ1) is 10.5. The van der Waals surface area contributed by atoms with Crippen LogP contribution in [0.2, 0.25) is 0 Å². The van der Waals surface area contributed by atoms with Gasteiger partial charge in [0.05, 0.1) is 13.1 Å². The van der Waals surface area contributed by atoms with Crippen molar-refractivity contribution in [3.05, 3.63) is 28.8 Å². The lowest BCUT2D eigenvalue weighted by atomic mass is 9.99. The SMILES string of the molecule is CCCC[NH+]1CCCC[C@H]1C(=O)Nc1c(C)cc(C)cc1C. The van der Waals surface area contributed by atoms with Crippen LogP contribution in [0.1, 0.15) is 55.7 Å². The third-order valence-electron chi connectivity index (χ3n) is 4.83. The van der Waals surface area contributed by atoms with Gasteiger partial charge in [0.15, 0.2) is 6.04 Å². The molecule has 1 unspecified atom stereocenters. The Labute approximate surface area is 135 Å². The van der Waals surface area contributed by atoms with Gasteiger partial charge >= 0.3 is 0 Å². The topological polar surface area (TPSA) is 33.5 Å². The highest BCUT2D eigenvalue weighted by Crippen LogP contribution is 2.22. The number of piperidine rings is 1. The highest BCUT2D eigenvalue weighted by Gasteiger charge is 2.32. The van der Waals surface area contributed by atoms with Crippen molar-refractivity contribution in [1.82, 2.24) is 0 Å². The molecule has 1 aliphatic heterocycles. The van der Waals surface area contributed by atoms with Crippen molar-refractivity contribution in [2.75, 3.05) is 18.4 Å². The first-order valence-electron chi connectivity index (χ1n) is 8.76. The summed E-state index contributed by atoms with van der Waals surface area (Å²) < 4.78 is 0. The summed E-state index contributed by atoms with van der Waals surface area (Å²) in [4.78, 5) is 14.3. The maximum atomic E-state index is 12.8. The van der Waals surface area contributed by atoms with Crippen molar-refractivity contribution in [2.24, 2.45) is 0 Å². The Morgan fingerprint density at radius 1 is 1.23 bits per heavy atom. The quantitative estimate of drug-likeness (QED) is 0.861. The number of benzene rings is 1. The van der Waals surface area contributed by atoms with Crippen LogP contribution in [0.5, 0.6) is 0 Å². The number of carbonyl (C=O) groups is 1. The van der Waals surface area contributed by atoms with Gasteiger partial charge in [-0.15, -0.1) is 0 Å². The first-order valence-corrected chi connectivity index (χ1v) is 8.76. The molecular weight excluding hydrogens is 272 g/mol. The van der Waals surface area contributed by atoms with Crippen LogP contribution in [-0.4, -0.2) is 25.0 Å². The molecule has 2 rings (SSSR count). The fraction of sp³-hybridized carbons (Fsp3) is 0.632. The third kappa shape index (κ3) is 4.10. The normalized spacial score (nSPS) is 21.6. The second-order valence-corrected chi connectivity index (χ2v) is 6.82. The van der Waals surface area contributed by atoms with E-state index in [0.29, 0.717) is 0 Å². The summed E-state index contributed by atoms with van der Waals surface area (Å²) >= 11 is 0. The predicted molar refractivity (Wildman–Crippen MR) is 92.5 cm³/mol. The molecule has 0 radical (unpaired) electrons. The maximum absolute atomic E-state index is 12.8. The zero-order valence-corrected chi connectivity index (χ0v) is 14.6. The highest BCUT2D eigenvalue weighted by atomic mass is 16.2. The van der Waals surface area contributed by atoms with Crippen LogP contribution in [-0.2, 0) is 4.79 Å². The number of unbranched alkanes of at least 4 members (excludes halogenated alkanes) is 1. The minimum Gasteiger partial charge on any atom is -0.325 e. The average molecular weight is 303 g/mol. The highest BCUT2D eigenvalue weighted by molar-refractivity contribution is 5.95. The number of hydrogen-bond acceptors (Lipinski definition) is 1. The smallest absolute Gasteiger partial charge is 0.282 e. The van der Waals surface area contributed by atoms with Crippen LogP contribution in [0.15, 0.2) is 12.1 Å². The number of carbonyl (C=O) groups excluding carboxylic acids is 1. The van der Waals surface area contributed by atoms with Crippen molar-refractivity contribution in [2.45, 2.75) is 65.8 Å². The lowest BCUT2D eigenvalue weighted by Gasteiger charge is -2.32. The molecule has 0 aromatic heterocycles. The van der Waals surface area contributed by atoms with Gasteiger partial charge in [0.1, 0.15) is 0 Å². The van der Waals surface area contributed by atoms with E-state index in [0.717, 1.165) is 36.3 Å². The van der Waals surface area contributed by atoms with Gasteiger partial charge in [0.25, 0.3) is 5.91 Å². The van der Waals surface area contributed by atoms with Crippen molar-refractivity contribution >= 4 is 11.6 Å². The Hall–Kier alpha value is -1.35. The number of anilines is 1. The zero-order chi connectivity index (χ0) is 16.1. The second kappa shape index (κ2) is 7.77. The molecule has 0 spiro atoms. The standard InChI is InChI=1S/C19H30N2O/c1-5-6-10-21-11-8-7-9-17(21)19(22)20-18-15(3)12-14(2)13-16(18)4/h12-13,17H,5-11H2,1-4H3,(H,20,22)/p+1/t17-/m0/s1. The minimum absolute atomic E-state index is 0.125. The zero-order valence-electron chi connectivity index (χ0n) is 14.6. The van der Waals surface area contributed by atoms with Gasteiger partial charge in [0, 0.05) is 12.1 Å². The molecule has 0 bridgehead atoms. The molecule has 1 amide bonds. The molecule has 3 nitrogen and oxygen atoms in total. The van der Waals surface area contributed by atoms with E-state index in [-0.39, 0.29) is 11.9 Å². The van der Waals surface area contributed by atoms with Gasteiger partial charge in [-0.1, -0.05) is 31.0 Å². The third-order valence-corrected chi connectivity index (χ3v) is 4.83. The summed E-state index contributed by atoms with van der Waals surface area (Å²) in [6.45, 7) is 10.8. The largest absolute Gasteiger partial charge is 0.325 e. The predicted octanol–water partition coefficient (Wildman–Crippen LogP) is 2.79. The van der Waals surface area contributed by atoms with Gasteiger partial charge in [-0.05, 0) is 51.2 Å². The number of aryl methyl sites for hydroxylation is 3. The van der Waals surface area contributed by atoms with Crippen molar-refractivity contribution in [1.29, 1.82) is 0 Å². The molecule has 22 heavy (non-hydrogen) atoms. The number of hydrogen-bond donors (Lipinski definition) is 2. The van der Waals surface area contributed by atoms with Crippen LogP contribution < -0.4 is 10.2 Å². The van der Waals surface area contributed by atoms with Gasteiger partial charge in [-0.2, -0.15) is 0 Å². The van der Waals surface area contributed by atoms with E-state index in [2.05, 4.69) is 45.1 Å². The molecule has 1 aliphatic rings. The van der Waals surface area contributed by atoms with Gasteiger partial charge in [-0.3, -0.25) is 4.79 Å². The van der Waals surface area contributed by atoms with E-state index in [4.69, 9.17) is 0 Å². The van der Waals surface area contributed by atoms with E-state index < -0.39 is 0 Å². The van der Waals surface area contributed by atoms with E-state index >= 15 is 0 Å². The Bertz CT molecular complexity index is 501. The molecule has 1 aromatic rings. The fourth-order valence-electron chi connectivity index (χ4n) is 3.69. The number of likely N-dealkylation sites (tertiary alicyclic amines) is 1. The Morgan fingerprint density at radius 2 is 1.91 bits per heavy atom. The molecule has 0 aliphatic carbocycles. The van der Waals surface area contributed by atoms with E-state index in [1.54, 1.807) is 0 Å². The summed E-state index contributed by atoms with van der Waals surface area (Å²) in [7, 11) is 0. The van der Waals surface area contributed by atoms with E-state index in [1.165, 1.54) is 36.1 Å². The molecule has 1 heterocycles. The van der Waals surface area contributed by atoms with Gasteiger partial charge < -0.3 is 10.2 Å². The van der Waals surface area contributed by atoms with E-state index in [9.17, 15) is 4.79 Å². The molecule has 2 N–H and O–H groups in total. The molecule has 0 saturated carbocycles. The number of nitrogens with one attached hydrogen (secondary N) is 2. The van der Waals surface area contributed by atoms with E-state index in [1.807, 2.05) is 0 Å². The summed E-state index contributed by atoms with van der Waals surface area (Å²) in [6, 6.07) is 4.41. The fourth-order valence-corrected chi connectivity index (χ4v) is 3.69. The summed E-state index contributed by atoms with van der Waals surface area (Å²) in [5.41, 5.74) is 4.59. The Morgan fingerprint density at radius 3 is 2.55 bits per heavy atom. The number of rotatable bonds is 5. The Balaban J connectivity index is 2.10. The number of amides is 1. The lowest BCUT2D eigenvalue weighted by Crippen LogP contribution is -3.17. The van der Waals surface area contributed by atoms with Crippen LogP contribution in [0.3, 0.4) is 0 Å². The van der Waals surface area contributed by atoms with Crippen molar-refractivity contribution < 1.29 is 9.69 Å². The van der Waals surface area contributed by atoms with Crippen LogP contribution in [0, 0.1) is 20.8 Å². The van der Waals surface area contributed by atoms with Crippen LogP contribution in [0.4, 0.5) is 5.69 Å². The summed E-state index contributed by atoms with van der Waals surface area (Å²) in [6.07, 6.45) is 5.87. The molecular formula is C19H31N2O+. The number of quaternary nitrogens is 1. The second-order valence-electron chi connectivity index (χ2n) is 6.82. The summed E-state index contributed by atoms with van der Waals surface area (Å²) in [5.74, 6) is 0.209.